The summed E-state index contributed by atoms with van der Waals surface area (Å²) in [6.45, 7) is 4.03. The second-order valence-electron chi connectivity index (χ2n) is 6.39. The zero-order valence-corrected chi connectivity index (χ0v) is 14.9. The van der Waals surface area contributed by atoms with E-state index in [1.165, 1.54) is 12.8 Å². The van der Waals surface area contributed by atoms with E-state index in [0.29, 0.717) is 13.0 Å². The molecule has 0 bridgehead atoms. The van der Waals surface area contributed by atoms with Crippen molar-refractivity contribution in [3.05, 3.63) is 29.8 Å². The number of methoxy groups -OCH3 is 1. The predicted molar refractivity (Wildman–Crippen MR) is 93.7 cm³/mol. The van der Waals surface area contributed by atoms with Crippen LogP contribution in [0.2, 0.25) is 0 Å². The highest BCUT2D eigenvalue weighted by molar-refractivity contribution is 5.87. The van der Waals surface area contributed by atoms with Crippen molar-refractivity contribution in [3.63, 3.8) is 0 Å². The molecule has 0 aliphatic heterocycles. The first-order valence-corrected chi connectivity index (χ1v) is 8.78. The maximum atomic E-state index is 12.5. The first-order valence-electron chi connectivity index (χ1n) is 8.78. The zero-order chi connectivity index (χ0) is 17.5. The van der Waals surface area contributed by atoms with Crippen LogP contribution in [0.4, 0.5) is 0 Å². The van der Waals surface area contributed by atoms with Crippen LogP contribution in [-0.2, 0) is 16.1 Å². The lowest BCUT2D eigenvalue weighted by Crippen LogP contribution is -2.49. The van der Waals surface area contributed by atoms with Crippen LogP contribution in [-0.4, -0.2) is 35.9 Å². The molecule has 5 heteroatoms. The summed E-state index contributed by atoms with van der Waals surface area (Å²) in [7, 11) is 1.62. The zero-order valence-electron chi connectivity index (χ0n) is 14.9. The molecule has 0 heterocycles. The van der Waals surface area contributed by atoms with Gasteiger partial charge in [-0.05, 0) is 37.5 Å². The molecule has 1 aromatic carbocycles. The monoisotopic (exact) mass is 332 g/mol. The Balaban J connectivity index is 2.08. The Labute approximate surface area is 144 Å². The van der Waals surface area contributed by atoms with Gasteiger partial charge < -0.3 is 15.0 Å². The summed E-state index contributed by atoms with van der Waals surface area (Å²) in [5.41, 5.74) is 0.955. The van der Waals surface area contributed by atoms with Gasteiger partial charge in [-0.3, -0.25) is 9.59 Å². The lowest BCUT2D eigenvalue weighted by molar-refractivity contribution is -0.140. The Morgan fingerprint density at radius 3 is 2.67 bits per heavy atom. The fourth-order valence-corrected chi connectivity index (χ4v) is 3.15. The third-order valence-electron chi connectivity index (χ3n) is 4.66. The molecule has 0 unspecified atom stereocenters. The third-order valence-corrected chi connectivity index (χ3v) is 4.66. The molecule has 1 aliphatic rings. The number of ether oxygens (including phenoxy) is 1. The van der Waals surface area contributed by atoms with Crippen LogP contribution >= 0.6 is 0 Å². The van der Waals surface area contributed by atoms with E-state index in [1.54, 1.807) is 18.9 Å². The number of nitrogens with one attached hydrogen (secondary N) is 1. The summed E-state index contributed by atoms with van der Waals surface area (Å²) in [5.74, 6) is 0.665. The quantitative estimate of drug-likeness (QED) is 0.835. The van der Waals surface area contributed by atoms with E-state index in [4.69, 9.17) is 4.74 Å². The van der Waals surface area contributed by atoms with Crippen LogP contribution in [0.1, 0.15) is 51.5 Å². The minimum absolute atomic E-state index is 0.0214. The van der Waals surface area contributed by atoms with E-state index in [9.17, 15) is 9.59 Å². The van der Waals surface area contributed by atoms with Crippen molar-refractivity contribution in [3.8, 4) is 5.75 Å². The first-order chi connectivity index (χ1) is 11.5. The summed E-state index contributed by atoms with van der Waals surface area (Å²) in [4.78, 5) is 26.6. The fourth-order valence-electron chi connectivity index (χ4n) is 3.15. The van der Waals surface area contributed by atoms with Gasteiger partial charge in [0.25, 0.3) is 0 Å². The van der Waals surface area contributed by atoms with Gasteiger partial charge in [-0.2, -0.15) is 0 Å². The van der Waals surface area contributed by atoms with Crippen molar-refractivity contribution in [2.75, 3.05) is 7.11 Å². The van der Waals surface area contributed by atoms with Crippen LogP contribution in [0.25, 0.3) is 0 Å². The predicted octanol–water partition coefficient (Wildman–Crippen LogP) is 2.88. The molecule has 1 fully saturated rings. The second-order valence-corrected chi connectivity index (χ2v) is 6.39. The van der Waals surface area contributed by atoms with Crippen LogP contribution in [0.15, 0.2) is 24.3 Å². The number of carbonyl (C=O) groups excluding carboxylic acids is 2. The molecule has 132 valence electrons. The lowest BCUT2D eigenvalue weighted by atomic mass is 10.1. The number of rotatable bonds is 7. The summed E-state index contributed by atoms with van der Waals surface area (Å²) in [6.07, 6.45) is 4.79. The van der Waals surface area contributed by atoms with E-state index in [-0.39, 0.29) is 17.9 Å². The fraction of sp³-hybridized carbons (Fsp3) is 0.579. The summed E-state index contributed by atoms with van der Waals surface area (Å²) in [6, 6.07) is 7.38. The molecule has 1 saturated carbocycles. The van der Waals surface area contributed by atoms with E-state index >= 15 is 0 Å². The average Bonchev–Trinajstić information content (AvgIpc) is 3.11. The van der Waals surface area contributed by atoms with Gasteiger partial charge >= 0.3 is 0 Å². The largest absolute Gasteiger partial charge is 0.497 e. The van der Waals surface area contributed by atoms with Gasteiger partial charge in [0.2, 0.25) is 11.8 Å². The van der Waals surface area contributed by atoms with Crippen LogP contribution in [0.5, 0.6) is 5.75 Å². The molecular weight excluding hydrogens is 304 g/mol. The van der Waals surface area contributed by atoms with Gasteiger partial charge in [0.05, 0.1) is 7.11 Å². The first kappa shape index (κ1) is 18.3. The molecule has 0 spiro atoms. The van der Waals surface area contributed by atoms with E-state index in [1.807, 2.05) is 31.2 Å². The van der Waals surface area contributed by atoms with Crippen molar-refractivity contribution in [1.82, 2.24) is 10.2 Å². The molecule has 2 rings (SSSR count). The smallest absolute Gasteiger partial charge is 0.242 e. The third kappa shape index (κ3) is 4.73. The Hall–Kier alpha value is -2.04. The van der Waals surface area contributed by atoms with Crippen molar-refractivity contribution >= 4 is 11.8 Å². The molecule has 1 aliphatic carbocycles. The Kier molecular flexibility index (Phi) is 6.64. The maximum absolute atomic E-state index is 12.5. The Morgan fingerprint density at radius 2 is 2.04 bits per heavy atom. The molecule has 5 nitrogen and oxygen atoms in total. The molecule has 1 atom stereocenters. The second kappa shape index (κ2) is 8.71. The highest BCUT2D eigenvalue weighted by Gasteiger charge is 2.27. The van der Waals surface area contributed by atoms with E-state index in [2.05, 4.69) is 5.32 Å². The van der Waals surface area contributed by atoms with Crippen molar-refractivity contribution in [1.29, 1.82) is 0 Å². The normalized spacial score (nSPS) is 15.8. The highest BCUT2D eigenvalue weighted by Crippen LogP contribution is 2.19. The van der Waals surface area contributed by atoms with E-state index < -0.39 is 6.04 Å². The standard InChI is InChI=1S/C19H28N2O3/c1-4-18(22)21(13-15-8-7-11-17(12-15)24-3)14(2)19(23)20-16-9-5-6-10-16/h7-8,11-12,14,16H,4-6,9-10,13H2,1-3H3,(H,20,23)/t14-/m0/s1. The van der Waals surface area contributed by atoms with Crippen LogP contribution in [0, 0.1) is 0 Å². The number of hydrogen-bond acceptors (Lipinski definition) is 3. The van der Waals surface area contributed by atoms with Gasteiger partial charge in [-0.1, -0.05) is 31.9 Å². The minimum atomic E-state index is -0.482. The summed E-state index contributed by atoms with van der Waals surface area (Å²) < 4.78 is 5.24. The van der Waals surface area contributed by atoms with Gasteiger partial charge in [0.1, 0.15) is 11.8 Å². The number of nitrogens with zero attached hydrogens (tertiary/aromatic N) is 1. The molecule has 0 aromatic heterocycles. The van der Waals surface area contributed by atoms with Gasteiger partial charge in [-0.25, -0.2) is 0 Å². The Bertz CT molecular complexity index is 567. The average molecular weight is 332 g/mol. The van der Waals surface area contributed by atoms with Crippen LogP contribution in [0.3, 0.4) is 0 Å². The van der Waals surface area contributed by atoms with Gasteiger partial charge in [-0.15, -0.1) is 0 Å². The number of hydrogen-bond donors (Lipinski definition) is 1. The minimum Gasteiger partial charge on any atom is -0.497 e. The molecule has 24 heavy (non-hydrogen) atoms. The topological polar surface area (TPSA) is 58.6 Å². The lowest BCUT2D eigenvalue weighted by Gasteiger charge is -2.29. The van der Waals surface area contributed by atoms with Crippen molar-refractivity contribution < 1.29 is 14.3 Å². The number of benzene rings is 1. The molecule has 1 N–H and O–H groups in total. The van der Waals surface area contributed by atoms with Crippen LogP contribution < -0.4 is 10.1 Å². The summed E-state index contributed by atoms with van der Waals surface area (Å²) >= 11 is 0. The molecule has 1 aromatic rings. The van der Waals surface area contributed by atoms with Gasteiger partial charge in [0.15, 0.2) is 0 Å². The Morgan fingerprint density at radius 1 is 1.33 bits per heavy atom. The molecular formula is C19H28N2O3. The van der Waals surface area contributed by atoms with E-state index in [0.717, 1.165) is 24.2 Å². The number of amides is 2. The van der Waals surface area contributed by atoms with Gasteiger partial charge in [0, 0.05) is 19.0 Å². The summed E-state index contributed by atoms with van der Waals surface area (Å²) in [5, 5.41) is 3.09. The van der Waals surface area contributed by atoms with Crippen molar-refractivity contribution in [2.24, 2.45) is 0 Å². The maximum Gasteiger partial charge on any atom is 0.242 e. The molecule has 0 saturated heterocycles. The number of carbonyl (C=O) groups is 2. The molecule has 2 amide bonds. The molecule has 0 radical (unpaired) electrons. The van der Waals surface area contributed by atoms with Crippen molar-refractivity contribution in [2.45, 2.75) is 64.6 Å². The highest BCUT2D eigenvalue weighted by atomic mass is 16.5. The SMILES string of the molecule is CCC(=O)N(Cc1cccc(OC)c1)[C@@H](C)C(=O)NC1CCCC1.